The van der Waals surface area contributed by atoms with Gasteiger partial charge in [0, 0.05) is 37.8 Å². The molecule has 2 aromatic carbocycles. The van der Waals surface area contributed by atoms with Crippen LogP contribution in [0, 0.1) is 17.2 Å². The van der Waals surface area contributed by atoms with E-state index in [0.717, 1.165) is 11.1 Å². The van der Waals surface area contributed by atoms with Crippen molar-refractivity contribution in [3.63, 3.8) is 0 Å². The van der Waals surface area contributed by atoms with Crippen molar-refractivity contribution in [3.05, 3.63) is 89.5 Å². The number of nitriles is 1. The maximum Gasteiger partial charge on any atom is 0.249 e. The van der Waals surface area contributed by atoms with Crippen LogP contribution in [0.5, 0.6) is 0 Å². The molecule has 188 valence electrons. The number of aromatic nitrogens is 2. The zero-order valence-electron chi connectivity index (χ0n) is 21.0. The van der Waals surface area contributed by atoms with E-state index in [9.17, 15) is 9.59 Å². The summed E-state index contributed by atoms with van der Waals surface area (Å²) in [5.74, 6) is 0.379. The van der Waals surface area contributed by atoms with Crippen molar-refractivity contribution >= 4 is 23.4 Å². The number of hydrogen-bond acceptors (Lipinski definition) is 4. The molecule has 1 aromatic heterocycles. The Labute approximate surface area is 217 Å². The molecule has 7 nitrogen and oxygen atoms in total. The van der Waals surface area contributed by atoms with Crippen LogP contribution in [0.25, 0.3) is 0 Å². The molecular formula is C28H32ClN5O2. The van der Waals surface area contributed by atoms with Crippen LogP contribution in [-0.2, 0) is 29.1 Å². The molecule has 0 radical (unpaired) electrons. The molecule has 0 spiro atoms. The minimum Gasteiger partial charge on any atom is -0.330 e. The van der Waals surface area contributed by atoms with Crippen LogP contribution in [0.4, 0.5) is 0 Å². The minimum absolute atomic E-state index is 0.0354. The van der Waals surface area contributed by atoms with Crippen molar-refractivity contribution in [2.24, 2.45) is 5.92 Å². The van der Waals surface area contributed by atoms with Crippen molar-refractivity contribution in [1.82, 2.24) is 19.6 Å². The van der Waals surface area contributed by atoms with Gasteiger partial charge in [-0.1, -0.05) is 49.4 Å². The summed E-state index contributed by atoms with van der Waals surface area (Å²) in [6.07, 6.45) is 4.21. The lowest BCUT2D eigenvalue weighted by atomic mass is 10.0. The second-order valence-corrected chi connectivity index (χ2v) is 9.67. The van der Waals surface area contributed by atoms with Crippen molar-refractivity contribution in [1.29, 1.82) is 5.26 Å². The third-order valence-electron chi connectivity index (χ3n) is 6.25. The van der Waals surface area contributed by atoms with E-state index in [2.05, 4.69) is 11.1 Å². The molecule has 1 heterocycles. The van der Waals surface area contributed by atoms with Gasteiger partial charge in [0.25, 0.3) is 0 Å². The van der Waals surface area contributed by atoms with Crippen molar-refractivity contribution < 1.29 is 9.59 Å². The summed E-state index contributed by atoms with van der Waals surface area (Å²) in [4.78, 5) is 30.7. The topological polar surface area (TPSA) is 82.2 Å². The normalized spacial score (nSPS) is 12.4. The molecule has 3 rings (SSSR count). The SMILES string of the molecule is CC(=O)N(CC[C@H](C)C(C)Cl)N(Cc1ccccc1)C(=O)Cc1nccn1Cc1ccc(C#N)cc1. The average molecular weight is 506 g/mol. The number of hydrogen-bond donors (Lipinski definition) is 0. The van der Waals surface area contributed by atoms with Crippen LogP contribution in [0.2, 0.25) is 0 Å². The molecule has 0 aliphatic rings. The first kappa shape index (κ1) is 27.0. The van der Waals surface area contributed by atoms with Crippen LogP contribution in [-0.4, -0.2) is 43.3 Å². The van der Waals surface area contributed by atoms with Crippen molar-refractivity contribution in [3.8, 4) is 6.07 Å². The van der Waals surface area contributed by atoms with E-state index < -0.39 is 0 Å². The highest BCUT2D eigenvalue weighted by molar-refractivity contribution is 6.20. The molecule has 2 amide bonds. The van der Waals surface area contributed by atoms with E-state index in [-0.39, 0.29) is 36.1 Å². The molecule has 0 aliphatic carbocycles. The fourth-order valence-electron chi connectivity index (χ4n) is 3.83. The maximum atomic E-state index is 13.6. The summed E-state index contributed by atoms with van der Waals surface area (Å²) in [6, 6.07) is 19.1. The van der Waals surface area contributed by atoms with Gasteiger partial charge in [0.15, 0.2) is 0 Å². The largest absolute Gasteiger partial charge is 0.330 e. The third kappa shape index (κ3) is 7.43. The second-order valence-electron chi connectivity index (χ2n) is 8.98. The molecule has 0 saturated carbocycles. The van der Waals surface area contributed by atoms with Gasteiger partial charge >= 0.3 is 0 Å². The predicted octanol–water partition coefficient (Wildman–Crippen LogP) is 4.79. The van der Waals surface area contributed by atoms with E-state index in [4.69, 9.17) is 16.9 Å². The van der Waals surface area contributed by atoms with E-state index in [1.807, 2.05) is 67.1 Å². The smallest absolute Gasteiger partial charge is 0.249 e. The van der Waals surface area contributed by atoms with Gasteiger partial charge in [-0.2, -0.15) is 5.26 Å². The Morgan fingerprint density at radius 3 is 2.36 bits per heavy atom. The highest BCUT2D eigenvalue weighted by Gasteiger charge is 2.26. The standard InChI is InChI=1S/C28H32ClN5O2/c1-21(22(2)29)13-15-33(23(3)35)34(20-25-7-5-4-6-8-25)28(36)17-27-31-14-16-32(27)19-26-11-9-24(18-30)10-12-26/h4-12,14,16,21-22H,13,15,17,19-20H2,1-3H3/t21-,22?/m0/s1. The lowest BCUT2D eigenvalue weighted by Crippen LogP contribution is -2.50. The molecule has 2 atom stereocenters. The number of amides is 2. The Bertz CT molecular complexity index is 1180. The minimum atomic E-state index is -0.215. The molecule has 0 saturated heterocycles. The Morgan fingerprint density at radius 1 is 1.06 bits per heavy atom. The Balaban J connectivity index is 1.81. The Kier molecular flexibility index (Phi) is 9.66. The highest BCUT2D eigenvalue weighted by atomic mass is 35.5. The van der Waals surface area contributed by atoms with E-state index >= 15 is 0 Å². The summed E-state index contributed by atoms with van der Waals surface area (Å²) in [5, 5.41) is 12.0. The number of carbonyl (C=O) groups excluding carboxylic acids is 2. The zero-order chi connectivity index (χ0) is 26.1. The van der Waals surface area contributed by atoms with Gasteiger partial charge in [0.2, 0.25) is 11.8 Å². The predicted molar refractivity (Wildman–Crippen MR) is 140 cm³/mol. The molecule has 0 bridgehead atoms. The zero-order valence-corrected chi connectivity index (χ0v) is 21.7. The van der Waals surface area contributed by atoms with E-state index in [1.54, 1.807) is 18.3 Å². The Hall–Kier alpha value is -3.63. The van der Waals surface area contributed by atoms with Crippen LogP contribution >= 0.6 is 11.6 Å². The summed E-state index contributed by atoms with van der Waals surface area (Å²) in [5.41, 5.74) is 2.52. The average Bonchev–Trinajstić information content (AvgIpc) is 3.30. The maximum absolute atomic E-state index is 13.6. The lowest BCUT2D eigenvalue weighted by Gasteiger charge is -2.35. The van der Waals surface area contributed by atoms with Crippen molar-refractivity contribution in [2.45, 2.75) is 52.1 Å². The van der Waals surface area contributed by atoms with Crippen molar-refractivity contribution in [2.75, 3.05) is 6.54 Å². The fourth-order valence-corrected chi connectivity index (χ4v) is 3.95. The van der Waals surface area contributed by atoms with Gasteiger partial charge in [0.1, 0.15) is 5.82 Å². The monoisotopic (exact) mass is 505 g/mol. The van der Waals surface area contributed by atoms with Crippen LogP contribution in [0.15, 0.2) is 67.0 Å². The van der Waals surface area contributed by atoms with E-state index in [1.165, 1.54) is 16.9 Å². The molecular weight excluding hydrogens is 474 g/mol. The number of hydrazine groups is 1. The van der Waals surface area contributed by atoms with Gasteiger partial charge in [-0.15, -0.1) is 11.6 Å². The summed E-state index contributed by atoms with van der Waals surface area (Å²) in [7, 11) is 0. The first-order valence-electron chi connectivity index (χ1n) is 12.0. The highest BCUT2D eigenvalue weighted by Crippen LogP contribution is 2.18. The number of halogens is 1. The molecule has 0 aliphatic heterocycles. The number of benzene rings is 2. The number of nitrogens with zero attached hydrogens (tertiary/aromatic N) is 5. The summed E-state index contributed by atoms with van der Waals surface area (Å²) >= 11 is 6.25. The van der Waals surface area contributed by atoms with E-state index in [0.29, 0.717) is 30.9 Å². The number of imidazole rings is 1. The van der Waals surface area contributed by atoms with Crippen LogP contribution in [0.1, 0.15) is 49.7 Å². The second kappa shape index (κ2) is 12.9. The van der Waals surface area contributed by atoms with Crippen LogP contribution < -0.4 is 0 Å². The van der Waals surface area contributed by atoms with Gasteiger partial charge in [0.05, 0.1) is 24.6 Å². The molecule has 3 aromatic rings. The summed E-state index contributed by atoms with van der Waals surface area (Å²) < 4.78 is 1.91. The Morgan fingerprint density at radius 2 is 1.75 bits per heavy atom. The molecule has 1 unspecified atom stereocenters. The number of rotatable bonds is 10. The fraction of sp³-hybridized carbons (Fsp3) is 0.357. The lowest BCUT2D eigenvalue weighted by molar-refractivity contribution is -0.164. The quantitative estimate of drug-likeness (QED) is 0.293. The molecule has 36 heavy (non-hydrogen) atoms. The first-order valence-corrected chi connectivity index (χ1v) is 12.5. The number of alkyl halides is 1. The third-order valence-corrected chi connectivity index (χ3v) is 6.68. The molecule has 0 fully saturated rings. The van der Waals surface area contributed by atoms with Gasteiger partial charge in [-0.05, 0) is 42.5 Å². The van der Waals surface area contributed by atoms with Crippen LogP contribution in [0.3, 0.4) is 0 Å². The summed E-state index contributed by atoms with van der Waals surface area (Å²) in [6.45, 7) is 6.65. The molecule has 8 heteroatoms. The van der Waals surface area contributed by atoms with Gasteiger partial charge in [-0.25, -0.2) is 9.99 Å². The number of carbonyl (C=O) groups is 2. The van der Waals surface area contributed by atoms with Gasteiger partial charge in [-0.3, -0.25) is 14.6 Å². The van der Waals surface area contributed by atoms with Gasteiger partial charge < -0.3 is 4.57 Å². The first-order chi connectivity index (χ1) is 17.3. The molecule has 0 N–H and O–H groups in total.